The molecule has 2 aromatic carbocycles. The monoisotopic (exact) mass is 465 g/mol. The minimum atomic E-state index is -0.214. The first-order valence-electron chi connectivity index (χ1n) is 11.5. The van der Waals surface area contributed by atoms with Crippen LogP contribution in [0.15, 0.2) is 73.1 Å². The minimum absolute atomic E-state index is 0.214. The average molecular weight is 466 g/mol. The second-order valence-electron chi connectivity index (χ2n) is 8.73. The van der Waals surface area contributed by atoms with E-state index in [0.29, 0.717) is 29.6 Å². The van der Waals surface area contributed by atoms with E-state index in [1.165, 1.54) is 0 Å². The predicted octanol–water partition coefficient (Wildman–Crippen LogP) is 4.46. The lowest BCUT2D eigenvalue weighted by molar-refractivity contribution is 0.102. The summed E-state index contributed by atoms with van der Waals surface area (Å²) in [4.78, 5) is 17.4. The van der Waals surface area contributed by atoms with Gasteiger partial charge in [-0.15, -0.1) is 5.10 Å². The van der Waals surface area contributed by atoms with Crippen molar-refractivity contribution in [2.45, 2.75) is 32.4 Å². The summed E-state index contributed by atoms with van der Waals surface area (Å²) < 4.78 is 9.76. The summed E-state index contributed by atoms with van der Waals surface area (Å²) in [6.07, 6.45) is 6.19. The van der Waals surface area contributed by atoms with Gasteiger partial charge in [0.15, 0.2) is 5.82 Å². The Morgan fingerprint density at radius 2 is 1.94 bits per heavy atom. The Bertz CT molecular complexity index is 1520. The number of hydrogen-bond donors (Lipinski definition) is 1. The molecule has 0 bridgehead atoms. The molecule has 6 rings (SSSR count). The van der Waals surface area contributed by atoms with Crippen LogP contribution in [0.2, 0.25) is 0 Å². The highest BCUT2D eigenvalue weighted by atomic mass is 16.5. The number of pyridine rings is 1. The number of ether oxygens (including phenoxy) is 1. The molecule has 0 spiro atoms. The Morgan fingerprint density at radius 3 is 2.77 bits per heavy atom. The first kappa shape index (κ1) is 21.0. The molecule has 174 valence electrons. The van der Waals surface area contributed by atoms with E-state index in [2.05, 4.69) is 25.8 Å². The van der Waals surface area contributed by atoms with Crippen LogP contribution in [0, 0.1) is 6.92 Å². The highest BCUT2D eigenvalue weighted by Gasteiger charge is 2.28. The topological polar surface area (TPSA) is 99.2 Å². The zero-order valence-electron chi connectivity index (χ0n) is 19.1. The molecule has 0 aliphatic heterocycles. The smallest absolute Gasteiger partial charge is 0.255 e. The van der Waals surface area contributed by atoms with Crippen molar-refractivity contribution in [1.82, 2.24) is 29.6 Å². The summed E-state index contributed by atoms with van der Waals surface area (Å²) >= 11 is 0. The number of tetrazole rings is 1. The maximum absolute atomic E-state index is 12.8. The average Bonchev–Trinajstić information content (AvgIpc) is 3.45. The number of aryl methyl sites for hydroxylation is 1. The van der Waals surface area contributed by atoms with E-state index >= 15 is 0 Å². The molecular formula is C26H23N7O2. The molecule has 3 heterocycles. The first-order chi connectivity index (χ1) is 17.1. The first-order valence-corrected chi connectivity index (χ1v) is 11.5. The molecule has 9 nitrogen and oxygen atoms in total. The number of hydrogen-bond acceptors (Lipinski definition) is 6. The molecule has 0 atom stereocenters. The van der Waals surface area contributed by atoms with Crippen LogP contribution >= 0.6 is 0 Å². The van der Waals surface area contributed by atoms with Gasteiger partial charge in [0.2, 0.25) is 0 Å². The number of anilines is 1. The Balaban J connectivity index is 1.11. The van der Waals surface area contributed by atoms with Crippen LogP contribution < -0.4 is 10.1 Å². The molecule has 3 aromatic heterocycles. The van der Waals surface area contributed by atoms with Crippen molar-refractivity contribution in [2.24, 2.45) is 0 Å². The van der Waals surface area contributed by atoms with Gasteiger partial charge in [-0.3, -0.25) is 4.79 Å². The molecule has 1 amide bonds. The van der Waals surface area contributed by atoms with Crippen LogP contribution in [-0.4, -0.2) is 35.5 Å². The van der Waals surface area contributed by atoms with E-state index in [9.17, 15) is 4.79 Å². The largest absolute Gasteiger partial charge is 0.487 e. The van der Waals surface area contributed by atoms with Gasteiger partial charge in [-0.2, -0.15) is 0 Å². The Hall–Kier alpha value is -4.53. The zero-order chi connectivity index (χ0) is 23.8. The summed E-state index contributed by atoms with van der Waals surface area (Å²) in [6, 6.07) is 19.0. The molecule has 5 aromatic rings. The molecule has 1 fully saturated rings. The number of fused-ring (bicyclic) bond motifs is 1. The fraction of sp³-hybridized carbons (Fsp3) is 0.192. The summed E-state index contributed by atoms with van der Waals surface area (Å²) in [5.41, 5.74) is 4.97. The lowest BCUT2D eigenvalue weighted by Crippen LogP contribution is -2.12. The maximum Gasteiger partial charge on any atom is 0.255 e. The van der Waals surface area contributed by atoms with Crippen LogP contribution in [0.1, 0.15) is 40.5 Å². The van der Waals surface area contributed by atoms with Crippen molar-refractivity contribution in [2.75, 3.05) is 5.32 Å². The minimum Gasteiger partial charge on any atom is -0.487 e. The van der Waals surface area contributed by atoms with E-state index in [1.54, 1.807) is 18.2 Å². The Kier molecular flexibility index (Phi) is 5.21. The molecule has 0 saturated heterocycles. The highest BCUT2D eigenvalue weighted by molar-refractivity contribution is 6.04. The van der Waals surface area contributed by atoms with Gasteiger partial charge >= 0.3 is 0 Å². The van der Waals surface area contributed by atoms with E-state index in [4.69, 9.17) is 4.74 Å². The molecule has 1 aliphatic rings. The molecule has 1 N–H and O–H groups in total. The second kappa shape index (κ2) is 8.68. The number of nitrogens with zero attached hydrogens (tertiary/aromatic N) is 6. The fourth-order valence-electron chi connectivity index (χ4n) is 3.96. The van der Waals surface area contributed by atoms with Gasteiger partial charge in [0.05, 0.1) is 11.7 Å². The maximum atomic E-state index is 12.8. The van der Waals surface area contributed by atoms with Crippen molar-refractivity contribution in [3.63, 3.8) is 0 Å². The van der Waals surface area contributed by atoms with Crippen LogP contribution in [0.25, 0.3) is 17.0 Å². The summed E-state index contributed by atoms with van der Waals surface area (Å²) in [7, 11) is 0. The van der Waals surface area contributed by atoms with Gasteiger partial charge in [0.25, 0.3) is 5.91 Å². The third kappa shape index (κ3) is 4.48. The van der Waals surface area contributed by atoms with Crippen molar-refractivity contribution in [3.05, 3.63) is 89.9 Å². The van der Waals surface area contributed by atoms with Crippen LogP contribution in [0.4, 0.5) is 5.69 Å². The molecule has 1 saturated carbocycles. The van der Waals surface area contributed by atoms with E-state index in [-0.39, 0.29) is 5.91 Å². The molecular weight excluding hydrogens is 442 g/mol. The van der Waals surface area contributed by atoms with E-state index in [1.807, 2.05) is 70.9 Å². The number of carbonyl (C=O) groups excluding carboxylic acids is 1. The number of amides is 1. The Labute approximate surface area is 201 Å². The van der Waals surface area contributed by atoms with Crippen LogP contribution in [0.5, 0.6) is 5.75 Å². The molecule has 9 heteroatoms. The van der Waals surface area contributed by atoms with Gasteiger partial charge in [0.1, 0.15) is 18.0 Å². The normalized spacial score (nSPS) is 13.2. The number of rotatable bonds is 7. The van der Waals surface area contributed by atoms with Gasteiger partial charge < -0.3 is 14.5 Å². The summed E-state index contributed by atoms with van der Waals surface area (Å²) in [5.74, 6) is 1.14. The molecule has 0 unspecified atom stereocenters. The lowest BCUT2D eigenvalue weighted by Gasteiger charge is -2.09. The SMILES string of the molecule is Cc1ccc2nc(COc3cccc(C(=O)Nc4ccc(-c5nnnn5C5CC5)cc4)c3)cn2c1. The predicted molar refractivity (Wildman–Crippen MR) is 130 cm³/mol. The van der Waals surface area contributed by atoms with Crippen molar-refractivity contribution >= 4 is 17.2 Å². The fourth-order valence-corrected chi connectivity index (χ4v) is 3.96. The third-order valence-corrected chi connectivity index (χ3v) is 5.92. The number of imidazole rings is 1. The van der Waals surface area contributed by atoms with Crippen molar-refractivity contribution in [3.8, 4) is 17.1 Å². The number of nitrogens with one attached hydrogen (secondary N) is 1. The van der Waals surface area contributed by atoms with E-state index < -0.39 is 0 Å². The number of benzene rings is 2. The van der Waals surface area contributed by atoms with Crippen molar-refractivity contribution in [1.29, 1.82) is 0 Å². The lowest BCUT2D eigenvalue weighted by atomic mass is 10.1. The molecule has 0 radical (unpaired) electrons. The van der Waals surface area contributed by atoms with Gasteiger partial charge in [-0.25, -0.2) is 9.67 Å². The van der Waals surface area contributed by atoms with Gasteiger partial charge in [-0.1, -0.05) is 12.1 Å². The second-order valence-corrected chi connectivity index (χ2v) is 8.73. The molecule has 1 aliphatic carbocycles. The number of carbonyl (C=O) groups is 1. The standard InChI is InChI=1S/C26H23N7O2/c1-17-5-12-24-27-21(15-32(24)14-17)16-35-23-4-2-3-19(13-23)26(34)28-20-8-6-18(7-9-20)25-29-30-31-33(25)22-10-11-22/h2-9,12-15,22H,10-11,16H2,1H3,(H,28,34). The van der Waals surface area contributed by atoms with Crippen LogP contribution in [-0.2, 0) is 6.61 Å². The highest BCUT2D eigenvalue weighted by Crippen LogP contribution is 2.36. The van der Waals surface area contributed by atoms with Crippen molar-refractivity contribution < 1.29 is 9.53 Å². The summed E-state index contributed by atoms with van der Waals surface area (Å²) in [5, 5.41) is 15.0. The van der Waals surface area contributed by atoms with E-state index in [0.717, 1.165) is 41.1 Å². The Morgan fingerprint density at radius 1 is 1.09 bits per heavy atom. The van der Waals surface area contributed by atoms with Gasteiger partial charge in [-0.05, 0) is 84.3 Å². The zero-order valence-corrected chi connectivity index (χ0v) is 19.1. The number of aromatic nitrogens is 6. The third-order valence-electron chi connectivity index (χ3n) is 5.92. The van der Waals surface area contributed by atoms with Gasteiger partial charge in [0, 0.05) is 29.2 Å². The summed E-state index contributed by atoms with van der Waals surface area (Å²) in [6.45, 7) is 2.35. The van der Waals surface area contributed by atoms with Crippen LogP contribution in [0.3, 0.4) is 0 Å². The molecule has 35 heavy (non-hydrogen) atoms. The quantitative estimate of drug-likeness (QED) is 0.381.